The molecule has 1 aliphatic heterocycles. The molecule has 0 radical (unpaired) electrons. The van der Waals surface area contributed by atoms with Crippen LogP contribution in [0.4, 0.5) is 18.9 Å². The van der Waals surface area contributed by atoms with E-state index in [-0.39, 0.29) is 30.2 Å². The minimum absolute atomic E-state index is 0.0105. The van der Waals surface area contributed by atoms with Crippen molar-refractivity contribution in [2.45, 2.75) is 24.0 Å². The normalized spacial score (nSPS) is 17.8. The van der Waals surface area contributed by atoms with E-state index >= 15 is 0 Å². The predicted molar refractivity (Wildman–Crippen MR) is 111 cm³/mol. The number of aryl methyl sites for hydroxylation is 1. The van der Waals surface area contributed by atoms with Crippen molar-refractivity contribution in [2.24, 2.45) is 5.73 Å². The molecule has 12 heteroatoms. The third kappa shape index (κ3) is 4.53. The fourth-order valence-electron chi connectivity index (χ4n) is 3.61. The van der Waals surface area contributed by atoms with Crippen molar-refractivity contribution in [1.29, 1.82) is 5.26 Å². The van der Waals surface area contributed by atoms with Crippen molar-refractivity contribution in [3.63, 3.8) is 0 Å². The van der Waals surface area contributed by atoms with E-state index in [9.17, 15) is 26.4 Å². The lowest BCUT2D eigenvalue weighted by Crippen LogP contribution is -2.59. The number of primary amides is 1. The van der Waals surface area contributed by atoms with Crippen molar-refractivity contribution in [2.75, 3.05) is 24.5 Å². The summed E-state index contributed by atoms with van der Waals surface area (Å²) in [5.41, 5.74) is 4.20. The van der Waals surface area contributed by atoms with Gasteiger partial charge < -0.3 is 10.6 Å². The molecule has 1 atom stereocenters. The second kappa shape index (κ2) is 8.61. The molecule has 1 amide bonds. The number of benzene rings is 2. The van der Waals surface area contributed by atoms with Crippen molar-refractivity contribution in [3.8, 4) is 6.07 Å². The summed E-state index contributed by atoms with van der Waals surface area (Å²) in [4.78, 5) is 13.5. The Morgan fingerprint density at radius 2 is 1.91 bits per heavy atom. The quantitative estimate of drug-likeness (QED) is 0.715. The number of hydrogen-bond acceptors (Lipinski definition) is 5. The highest BCUT2D eigenvalue weighted by molar-refractivity contribution is 7.89. The highest BCUT2D eigenvalue weighted by atomic mass is 35.5. The number of hydrogen-bond donors (Lipinski definition) is 1. The van der Waals surface area contributed by atoms with Gasteiger partial charge >= 0.3 is 6.18 Å². The van der Waals surface area contributed by atoms with Crippen LogP contribution in [0.3, 0.4) is 0 Å². The predicted octanol–water partition coefficient (Wildman–Crippen LogP) is 2.90. The van der Waals surface area contributed by atoms with Crippen LogP contribution < -0.4 is 10.6 Å². The Balaban J connectivity index is 1.96. The lowest BCUT2D eigenvalue weighted by molar-refractivity contribution is -0.137. The van der Waals surface area contributed by atoms with Crippen molar-refractivity contribution < 1.29 is 26.4 Å². The number of halogens is 4. The molecule has 0 bridgehead atoms. The number of amides is 1. The smallest absolute Gasteiger partial charge is 0.368 e. The number of carbonyl (C=O) groups excluding carboxylic acids is 1. The van der Waals surface area contributed by atoms with Crippen LogP contribution in [0.2, 0.25) is 5.02 Å². The van der Waals surface area contributed by atoms with Crippen molar-refractivity contribution >= 4 is 33.2 Å². The molecule has 1 heterocycles. The van der Waals surface area contributed by atoms with E-state index in [1.165, 1.54) is 35.2 Å². The topological polar surface area (TPSA) is 108 Å². The molecule has 3 rings (SSSR count). The molecule has 1 fully saturated rings. The highest BCUT2D eigenvalue weighted by Crippen LogP contribution is 2.35. The Morgan fingerprint density at radius 1 is 1.22 bits per heavy atom. The fourth-order valence-corrected chi connectivity index (χ4v) is 5.48. The first-order chi connectivity index (χ1) is 14.9. The molecule has 1 saturated heterocycles. The number of carbonyl (C=O) groups is 1. The Kier molecular flexibility index (Phi) is 6.42. The number of nitrogens with two attached hydrogens (primary N) is 1. The van der Waals surface area contributed by atoms with Gasteiger partial charge in [-0.05, 0) is 48.9 Å². The van der Waals surface area contributed by atoms with Crippen LogP contribution in [0, 0.1) is 18.3 Å². The minimum atomic E-state index is -4.78. The maximum Gasteiger partial charge on any atom is 0.417 e. The Hall–Kier alpha value is -2.81. The van der Waals surface area contributed by atoms with Gasteiger partial charge in [0.2, 0.25) is 15.9 Å². The van der Waals surface area contributed by atoms with Gasteiger partial charge in [0, 0.05) is 30.3 Å². The van der Waals surface area contributed by atoms with Crippen LogP contribution in [0.5, 0.6) is 0 Å². The summed E-state index contributed by atoms with van der Waals surface area (Å²) < 4.78 is 67.4. The summed E-state index contributed by atoms with van der Waals surface area (Å²) in [5, 5.41) is 9.34. The van der Waals surface area contributed by atoms with E-state index in [1.807, 2.05) is 0 Å². The highest BCUT2D eigenvalue weighted by Gasteiger charge is 2.39. The molecule has 0 spiro atoms. The molecular formula is C20H18ClF3N4O3S. The van der Waals surface area contributed by atoms with E-state index in [0.717, 1.165) is 16.4 Å². The van der Waals surface area contributed by atoms with Gasteiger partial charge in [0.1, 0.15) is 6.04 Å². The Labute approximate surface area is 187 Å². The number of rotatable bonds is 4. The van der Waals surface area contributed by atoms with E-state index in [0.29, 0.717) is 10.6 Å². The zero-order chi connectivity index (χ0) is 23.8. The standard InChI is InChI=1S/C20H18ClF3N4O3S/c1-12-8-14(21)3-5-18(12)32(30,31)27-6-7-28(17(11-27)19(26)29)15-4-2-13(10-25)16(9-15)20(22,23)24/h2-5,8-9,17H,6-7,11H2,1H3,(H2,26,29). The number of alkyl halides is 3. The third-order valence-electron chi connectivity index (χ3n) is 5.19. The molecule has 1 unspecified atom stereocenters. The number of nitriles is 1. The van der Waals surface area contributed by atoms with E-state index in [2.05, 4.69) is 0 Å². The molecule has 2 aromatic rings. The fraction of sp³-hybridized carbons (Fsp3) is 0.300. The summed E-state index contributed by atoms with van der Waals surface area (Å²) in [6, 6.07) is 7.61. The van der Waals surface area contributed by atoms with E-state index in [1.54, 1.807) is 6.92 Å². The molecule has 0 aromatic heterocycles. The van der Waals surface area contributed by atoms with Crippen molar-refractivity contribution in [3.05, 3.63) is 58.1 Å². The van der Waals surface area contributed by atoms with Gasteiger partial charge in [-0.3, -0.25) is 4.79 Å². The molecule has 170 valence electrons. The molecule has 0 saturated carbocycles. The monoisotopic (exact) mass is 486 g/mol. The zero-order valence-electron chi connectivity index (χ0n) is 16.7. The van der Waals surface area contributed by atoms with Crippen LogP contribution in [0.15, 0.2) is 41.3 Å². The average Bonchev–Trinajstić information content (AvgIpc) is 2.71. The van der Waals surface area contributed by atoms with Crippen LogP contribution in [0.25, 0.3) is 0 Å². The van der Waals surface area contributed by atoms with Crippen LogP contribution in [0.1, 0.15) is 16.7 Å². The minimum Gasteiger partial charge on any atom is -0.368 e. The maximum absolute atomic E-state index is 13.4. The largest absolute Gasteiger partial charge is 0.417 e. The van der Waals surface area contributed by atoms with E-state index in [4.69, 9.17) is 22.6 Å². The van der Waals surface area contributed by atoms with Crippen molar-refractivity contribution in [1.82, 2.24) is 4.31 Å². The van der Waals surface area contributed by atoms with Gasteiger partial charge in [0.05, 0.1) is 22.1 Å². The average molecular weight is 487 g/mol. The first-order valence-electron chi connectivity index (χ1n) is 9.30. The number of sulfonamides is 1. The summed E-state index contributed by atoms with van der Waals surface area (Å²) in [6.07, 6.45) is -4.78. The van der Waals surface area contributed by atoms with Crippen LogP contribution in [-0.2, 0) is 21.0 Å². The molecule has 0 aliphatic carbocycles. The first kappa shape index (κ1) is 23.8. The summed E-state index contributed by atoms with van der Waals surface area (Å²) in [5.74, 6) is -0.893. The Morgan fingerprint density at radius 3 is 2.47 bits per heavy atom. The number of piperazine rings is 1. The van der Waals surface area contributed by atoms with Crippen LogP contribution in [-0.4, -0.2) is 44.3 Å². The second-order valence-corrected chi connectivity index (χ2v) is 9.57. The molecule has 32 heavy (non-hydrogen) atoms. The van der Waals surface area contributed by atoms with Crippen LogP contribution >= 0.6 is 11.6 Å². The van der Waals surface area contributed by atoms with Gasteiger partial charge in [-0.15, -0.1) is 0 Å². The maximum atomic E-state index is 13.4. The molecule has 1 aliphatic rings. The first-order valence-corrected chi connectivity index (χ1v) is 11.1. The molecular weight excluding hydrogens is 469 g/mol. The summed E-state index contributed by atoms with van der Waals surface area (Å²) >= 11 is 5.89. The lowest BCUT2D eigenvalue weighted by atomic mass is 10.0. The van der Waals surface area contributed by atoms with E-state index < -0.39 is 39.3 Å². The zero-order valence-corrected chi connectivity index (χ0v) is 18.3. The van der Waals surface area contributed by atoms with Gasteiger partial charge in [0.25, 0.3) is 0 Å². The number of anilines is 1. The Bertz CT molecular complexity index is 1210. The summed E-state index contributed by atoms with van der Waals surface area (Å²) in [7, 11) is -4.01. The number of nitrogens with zero attached hydrogens (tertiary/aromatic N) is 3. The molecule has 7 nitrogen and oxygen atoms in total. The molecule has 2 aromatic carbocycles. The second-order valence-electron chi connectivity index (χ2n) is 7.22. The van der Waals surface area contributed by atoms with Gasteiger partial charge in [-0.2, -0.15) is 22.7 Å². The van der Waals surface area contributed by atoms with Gasteiger partial charge in [-0.25, -0.2) is 8.42 Å². The van der Waals surface area contributed by atoms with Gasteiger partial charge in [-0.1, -0.05) is 11.6 Å². The lowest BCUT2D eigenvalue weighted by Gasteiger charge is -2.40. The summed E-state index contributed by atoms with van der Waals surface area (Å²) in [6.45, 7) is 1.06. The third-order valence-corrected chi connectivity index (χ3v) is 7.45. The molecule has 2 N–H and O–H groups in total. The van der Waals surface area contributed by atoms with Gasteiger partial charge in [0.15, 0.2) is 0 Å². The SMILES string of the molecule is Cc1cc(Cl)ccc1S(=O)(=O)N1CCN(c2ccc(C#N)c(C(F)(F)F)c2)C(C(N)=O)C1.